The van der Waals surface area contributed by atoms with Crippen LogP contribution in [0.15, 0.2) is 29.4 Å². The van der Waals surface area contributed by atoms with Gasteiger partial charge in [-0.25, -0.2) is 9.97 Å². The summed E-state index contributed by atoms with van der Waals surface area (Å²) < 4.78 is 0. The van der Waals surface area contributed by atoms with Crippen LogP contribution in [0.1, 0.15) is 49.3 Å². The summed E-state index contributed by atoms with van der Waals surface area (Å²) in [6.07, 6.45) is 5.75. The standard InChI is InChI=1S/C23H33N5OS/c1-3-4-14-30-23-25-21(24)18(2)22(26-23)28(12-13-29)17-20-9-7-8-19(15-20)16-27-10-5-6-11-27/h7-9,13,15H,3-6,10-12,14,16-17H2,1-2H3,(H2,24,25,26). The van der Waals surface area contributed by atoms with Crippen molar-refractivity contribution in [2.45, 2.75) is 57.8 Å². The molecule has 0 atom stereocenters. The third-order valence-electron chi connectivity index (χ3n) is 5.43. The van der Waals surface area contributed by atoms with Gasteiger partial charge in [-0.05, 0) is 50.4 Å². The molecule has 0 unspecified atom stereocenters. The lowest BCUT2D eigenvalue weighted by Crippen LogP contribution is -2.27. The number of carbonyl (C=O) groups excluding carboxylic acids is 1. The highest BCUT2D eigenvalue weighted by atomic mass is 32.2. The van der Waals surface area contributed by atoms with E-state index in [1.807, 2.05) is 11.8 Å². The fraction of sp³-hybridized carbons (Fsp3) is 0.522. The number of likely N-dealkylation sites (tertiary alicyclic amines) is 1. The number of rotatable bonds is 11. The molecule has 0 bridgehead atoms. The highest BCUT2D eigenvalue weighted by Gasteiger charge is 2.17. The van der Waals surface area contributed by atoms with Crippen LogP contribution in [0.4, 0.5) is 11.6 Å². The third-order valence-corrected chi connectivity index (χ3v) is 6.36. The monoisotopic (exact) mass is 427 g/mol. The predicted molar refractivity (Wildman–Crippen MR) is 125 cm³/mol. The minimum Gasteiger partial charge on any atom is -0.383 e. The number of unbranched alkanes of at least 4 members (excludes halogenated alkanes) is 1. The Morgan fingerprint density at radius 2 is 2.00 bits per heavy atom. The quantitative estimate of drug-likeness (QED) is 0.251. The van der Waals surface area contributed by atoms with E-state index in [9.17, 15) is 4.79 Å². The van der Waals surface area contributed by atoms with Gasteiger partial charge in [-0.1, -0.05) is 49.4 Å². The smallest absolute Gasteiger partial charge is 0.191 e. The maximum absolute atomic E-state index is 11.4. The molecule has 2 aromatic rings. The van der Waals surface area contributed by atoms with Gasteiger partial charge in [0.25, 0.3) is 0 Å². The lowest BCUT2D eigenvalue weighted by Gasteiger charge is -2.24. The van der Waals surface area contributed by atoms with Crippen molar-refractivity contribution in [3.8, 4) is 0 Å². The van der Waals surface area contributed by atoms with Crippen LogP contribution >= 0.6 is 11.8 Å². The Labute approximate surface area is 184 Å². The van der Waals surface area contributed by atoms with Gasteiger partial charge in [0, 0.05) is 24.4 Å². The Kier molecular flexibility index (Phi) is 8.51. The van der Waals surface area contributed by atoms with Crippen LogP contribution in [0.25, 0.3) is 0 Å². The first-order valence-corrected chi connectivity index (χ1v) is 11.8. The SMILES string of the molecule is CCCCSc1nc(N)c(C)c(N(CC=O)Cc2cccc(CN3CCCC3)c2)n1. The summed E-state index contributed by atoms with van der Waals surface area (Å²) in [5.74, 6) is 2.20. The highest BCUT2D eigenvalue weighted by Crippen LogP contribution is 2.27. The fourth-order valence-electron chi connectivity index (χ4n) is 3.74. The van der Waals surface area contributed by atoms with Crippen LogP contribution in [0.5, 0.6) is 0 Å². The Balaban J connectivity index is 1.79. The van der Waals surface area contributed by atoms with E-state index in [1.165, 1.54) is 37.1 Å². The summed E-state index contributed by atoms with van der Waals surface area (Å²) in [6, 6.07) is 8.64. The molecule has 2 heterocycles. The van der Waals surface area contributed by atoms with Crippen molar-refractivity contribution in [2.24, 2.45) is 0 Å². The lowest BCUT2D eigenvalue weighted by molar-refractivity contribution is -0.106. The van der Waals surface area contributed by atoms with Crippen LogP contribution in [0, 0.1) is 6.92 Å². The van der Waals surface area contributed by atoms with Crippen molar-refractivity contribution >= 4 is 29.7 Å². The van der Waals surface area contributed by atoms with E-state index in [2.05, 4.69) is 41.1 Å². The Hall–Kier alpha value is -2.12. The molecule has 1 aromatic heterocycles. The van der Waals surface area contributed by atoms with Gasteiger partial charge in [-0.3, -0.25) is 4.90 Å². The van der Waals surface area contributed by atoms with Crippen LogP contribution < -0.4 is 10.6 Å². The third kappa shape index (κ3) is 6.19. The van der Waals surface area contributed by atoms with Gasteiger partial charge in [0.2, 0.25) is 0 Å². The van der Waals surface area contributed by atoms with Crippen molar-refractivity contribution in [3.05, 3.63) is 41.0 Å². The van der Waals surface area contributed by atoms with Gasteiger partial charge < -0.3 is 15.4 Å². The predicted octanol–water partition coefficient (Wildman–Crippen LogP) is 4.06. The first-order valence-electron chi connectivity index (χ1n) is 10.9. The van der Waals surface area contributed by atoms with Crippen molar-refractivity contribution < 1.29 is 4.79 Å². The fourth-order valence-corrected chi connectivity index (χ4v) is 4.67. The molecule has 2 N–H and O–H groups in total. The van der Waals surface area contributed by atoms with Crippen LogP contribution in [-0.2, 0) is 17.9 Å². The van der Waals surface area contributed by atoms with Crippen molar-refractivity contribution in [3.63, 3.8) is 0 Å². The van der Waals surface area contributed by atoms with Gasteiger partial charge in [-0.15, -0.1) is 0 Å². The highest BCUT2D eigenvalue weighted by molar-refractivity contribution is 7.99. The van der Waals surface area contributed by atoms with E-state index >= 15 is 0 Å². The van der Waals surface area contributed by atoms with Crippen molar-refractivity contribution in [1.29, 1.82) is 0 Å². The molecule has 162 valence electrons. The lowest BCUT2D eigenvalue weighted by atomic mass is 10.1. The molecule has 0 spiro atoms. The van der Waals surface area contributed by atoms with Gasteiger partial charge in [0.1, 0.15) is 17.9 Å². The van der Waals surface area contributed by atoms with E-state index in [0.29, 0.717) is 17.5 Å². The van der Waals surface area contributed by atoms with E-state index < -0.39 is 0 Å². The molecule has 1 aliphatic rings. The number of aldehydes is 1. The minimum absolute atomic E-state index is 0.271. The number of nitrogens with zero attached hydrogens (tertiary/aromatic N) is 4. The zero-order chi connectivity index (χ0) is 21.3. The largest absolute Gasteiger partial charge is 0.383 e. The second-order valence-corrected chi connectivity index (χ2v) is 8.95. The molecule has 1 aliphatic heterocycles. The molecule has 1 aromatic carbocycles. The Morgan fingerprint density at radius 3 is 2.73 bits per heavy atom. The normalized spacial score (nSPS) is 14.2. The first-order chi connectivity index (χ1) is 14.6. The topological polar surface area (TPSA) is 75.3 Å². The molecular weight excluding hydrogens is 394 g/mol. The number of nitrogen functional groups attached to an aromatic ring is 1. The molecule has 7 heteroatoms. The van der Waals surface area contributed by atoms with Crippen molar-refractivity contribution in [2.75, 3.05) is 36.0 Å². The average Bonchev–Trinajstić information content (AvgIpc) is 3.24. The molecule has 1 saturated heterocycles. The minimum atomic E-state index is 0.271. The molecule has 0 saturated carbocycles. The number of benzene rings is 1. The number of nitrogens with two attached hydrogens (primary N) is 1. The van der Waals surface area contributed by atoms with Crippen molar-refractivity contribution in [1.82, 2.24) is 14.9 Å². The van der Waals surface area contributed by atoms with Crippen LogP contribution in [0.2, 0.25) is 0 Å². The molecule has 3 rings (SSSR count). The summed E-state index contributed by atoms with van der Waals surface area (Å²) >= 11 is 1.62. The summed E-state index contributed by atoms with van der Waals surface area (Å²) in [6.45, 7) is 8.32. The molecule has 30 heavy (non-hydrogen) atoms. The van der Waals surface area contributed by atoms with Crippen LogP contribution in [0.3, 0.4) is 0 Å². The molecular formula is C23H33N5OS. The number of thioether (sulfide) groups is 1. The van der Waals surface area contributed by atoms with Gasteiger partial charge >= 0.3 is 0 Å². The van der Waals surface area contributed by atoms with Gasteiger partial charge in [0.05, 0.1) is 6.54 Å². The zero-order valence-electron chi connectivity index (χ0n) is 18.1. The number of carbonyl (C=O) groups is 1. The Morgan fingerprint density at radius 1 is 1.23 bits per heavy atom. The molecule has 0 amide bonds. The molecule has 0 aliphatic carbocycles. The molecule has 1 fully saturated rings. The summed E-state index contributed by atoms with van der Waals surface area (Å²) in [4.78, 5) is 25.1. The van der Waals surface area contributed by atoms with E-state index in [1.54, 1.807) is 11.8 Å². The zero-order valence-corrected chi connectivity index (χ0v) is 19.0. The van der Waals surface area contributed by atoms with E-state index in [0.717, 1.165) is 42.8 Å². The molecule has 6 nitrogen and oxygen atoms in total. The number of hydrogen-bond acceptors (Lipinski definition) is 7. The van der Waals surface area contributed by atoms with Gasteiger partial charge in [0.15, 0.2) is 5.16 Å². The number of aromatic nitrogens is 2. The summed E-state index contributed by atoms with van der Waals surface area (Å²) in [5, 5.41) is 0.681. The number of hydrogen-bond donors (Lipinski definition) is 1. The number of anilines is 2. The summed E-state index contributed by atoms with van der Waals surface area (Å²) in [5.41, 5.74) is 9.49. The summed E-state index contributed by atoms with van der Waals surface area (Å²) in [7, 11) is 0. The first kappa shape index (κ1) is 22.6. The van der Waals surface area contributed by atoms with E-state index in [-0.39, 0.29) is 6.54 Å². The Bertz CT molecular complexity index is 838. The van der Waals surface area contributed by atoms with Crippen LogP contribution in [-0.4, -0.2) is 46.5 Å². The maximum atomic E-state index is 11.4. The maximum Gasteiger partial charge on any atom is 0.191 e. The van der Waals surface area contributed by atoms with Gasteiger partial charge in [-0.2, -0.15) is 0 Å². The average molecular weight is 428 g/mol. The second-order valence-electron chi connectivity index (χ2n) is 7.89. The molecule has 0 radical (unpaired) electrons. The second kappa shape index (κ2) is 11.3. The van der Waals surface area contributed by atoms with E-state index in [4.69, 9.17) is 10.7 Å².